The van der Waals surface area contributed by atoms with Gasteiger partial charge >= 0.3 is 0 Å². The Hall–Kier alpha value is -3.74. The minimum absolute atomic E-state index is 0.0610. The molecular weight excluding hydrogens is 474 g/mol. The molecule has 0 unspecified atom stereocenters. The molecule has 33 heavy (non-hydrogen) atoms. The number of rotatable bonds is 8. The number of nitro groups is 1. The van der Waals surface area contributed by atoms with E-state index in [0.29, 0.717) is 16.3 Å². The highest BCUT2D eigenvalue weighted by Gasteiger charge is 2.23. The molecule has 0 spiro atoms. The molecule has 1 aromatic heterocycles. The molecule has 0 saturated carbocycles. The van der Waals surface area contributed by atoms with Gasteiger partial charge in [-0.15, -0.1) is 0 Å². The topological polar surface area (TPSA) is 167 Å². The summed E-state index contributed by atoms with van der Waals surface area (Å²) < 4.78 is 28.3. The number of aryl methyl sites for hydroxylation is 1. The Morgan fingerprint density at radius 2 is 1.94 bits per heavy atom. The zero-order chi connectivity index (χ0) is 24.2. The van der Waals surface area contributed by atoms with E-state index in [4.69, 9.17) is 11.6 Å². The van der Waals surface area contributed by atoms with Crippen LogP contribution in [-0.2, 0) is 16.6 Å². The SMILES string of the molecule is Cc1ncc(CO)c(/C=N/Nc2ccc([N+](=O)[O-])cc2S(=O)(=O)Nc2ccc(Cl)cc2)c1O. The van der Waals surface area contributed by atoms with Crippen molar-refractivity contribution in [3.8, 4) is 5.75 Å². The molecule has 0 fully saturated rings. The van der Waals surface area contributed by atoms with Gasteiger partial charge in [-0.25, -0.2) is 8.42 Å². The van der Waals surface area contributed by atoms with Crippen molar-refractivity contribution < 1.29 is 23.6 Å². The van der Waals surface area contributed by atoms with Crippen molar-refractivity contribution in [2.45, 2.75) is 18.4 Å². The first kappa shape index (κ1) is 23.9. The molecule has 4 N–H and O–H groups in total. The van der Waals surface area contributed by atoms with E-state index in [1.54, 1.807) is 6.92 Å². The molecule has 3 aromatic rings. The normalized spacial score (nSPS) is 11.5. The lowest BCUT2D eigenvalue weighted by molar-refractivity contribution is -0.385. The van der Waals surface area contributed by atoms with Crippen LogP contribution in [0.4, 0.5) is 17.1 Å². The number of hydrogen-bond acceptors (Lipinski definition) is 9. The second-order valence-corrected chi connectivity index (χ2v) is 8.80. The van der Waals surface area contributed by atoms with Gasteiger partial charge in [-0.1, -0.05) is 11.6 Å². The number of anilines is 2. The van der Waals surface area contributed by atoms with Crippen LogP contribution in [0, 0.1) is 17.0 Å². The Morgan fingerprint density at radius 1 is 1.24 bits per heavy atom. The zero-order valence-electron chi connectivity index (χ0n) is 17.1. The first-order chi connectivity index (χ1) is 15.6. The number of aromatic nitrogens is 1. The van der Waals surface area contributed by atoms with Crippen LogP contribution < -0.4 is 10.1 Å². The molecule has 2 aromatic carbocycles. The van der Waals surface area contributed by atoms with Gasteiger partial charge in [-0.3, -0.25) is 25.2 Å². The van der Waals surface area contributed by atoms with E-state index in [1.807, 2.05) is 0 Å². The van der Waals surface area contributed by atoms with Gasteiger partial charge in [0.1, 0.15) is 10.6 Å². The predicted octanol–water partition coefficient (Wildman–Crippen LogP) is 3.40. The zero-order valence-corrected chi connectivity index (χ0v) is 18.6. The summed E-state index contributed by atoms with van der Waals surface area (Å²) in [5.41, 5.74) is 3.00. The van der Waals surface area contributed by atoms with Crippen molar-refractivity contribution in [1.82, 2.24) is 4.98 Å². The number of nitrogens with one attached hydrogen (secondary N) is 2. The molecule has 0 aliphatic carbocycles. The molecule has 0 bridgehead atoms. The largest absolute Gasteiger partial charge is 0.505 e. The van der Waals surface area contributed by atoms with Crippen molar-refractivity contribution in [2.75, 3.05) is 10.1 Å². The third kappa shape index (κ3) is 5.55. The van der Waals surface area contributed by atoms with E-state index in [9.17, 15) is 28.7 Å². The first-order valence-corrected chi connectivity index (χ1v) is 11.1. The lowest BCUT2D eigenvalue weighted by atomic mass is 10.1. The van der Waals surface area contributed by atoms with Crippen LogP contribution in [0.5, 0.6) is 5.75 Å². The molecule has 1 heterocycles. The van der Waals surface area contributed by atoms with Crippen molar-refractivity contribution in [3.05, 3.63) is 80.6 Å². The molecule has 0 radical (unpaired) electrons. The second kappa shape index (κ2) is 9.81. The van der Waals surface area contributed by atoms with Crippen LogP contribution >= 0.6 is 11.6 Å². The van der Waals surface area contributed by atoms with Gasteiger partial charge in [-0.2, -0.15) is 5.10 Å². The molecule has 13 heteroatoms. The van der Waals surface area contributed by atoms with Crippen molar-refractivity contribution >= 4 is 44.9 Å². The smallest absolute Gasteiger partial charge is 0.270 e. The number of aliphatic hydroxyl groups excluding tert-OH is 1. The minimum atomic E-state index is -4.27. The van der Waals surface area contributed by atoms with Crippen molar-refractivity contribution in [1.29, 1.82) is 0 Å². The summed E-state index contributed by atoms with van der Waals surface area (Å²) in [5.74, 6) is -0.201. The van der Waals surface area contributed by atoms with Gasteiger partial charge in [0.25, 0.3) is 15.7 Å². The lowest BCUT2D eigenvalue weighted by Gasteiger charge is -2.12. The number of non-ortho nitro benzene ring substituents is 1. The number of hydrazone groups is 1. The van der Waals surface area contributed by atoms with Gasteiger partial charge in [0.05, 0.1) is 29.1 Å². The fourth-order valence-electron chi connectivity index (χ4n) is 2.76. The molecule has 0 saturated heterocycles. The maximum atomic E-state index is 13.0. The summed E-state index contributed by atoms with van der Waals surface area (Å²) in [6, 6.07) is 9.05. The molecule has 0 atom stereocenters. The minimum Gasteiger partial charge on any atom is -0.505 e. The van der Waals surface area contributed by atoms with E-state index >= 15 is 0 Å². The Morgan fingerprint density at radius 3 is 2.58 bits per heavy atom. The van der Waals surface area contributed by atoms with Gasteiger partial charge in [0, 0.05) is 40.2 Å². The van der Waals surface area contributed by atoms with E-state index in [2.05, 4.69) is 20.2 Å². The van der Waals surface area contributed by atoms with Crippen LogP contribution in [0.2, 0.25) is 5.02 Å². The summed E-state index contributed by atoms with van der Waals surface area (Å²) in [5, 5.41) is 35.2. The number of benzene rings is 2. The maximum Gasteiger partial charge on any atom is 0.270 e. The number of sulfonamides is 1. The Labute approximate surface area is 193 Å². The Bertz CT molecular complexity index is 1330. The average Bonchev–Trinajstić information content (AvgIpc) is 2.78. The summed E-state index contributed by atoms with van der Waals surface area (Å²) in [4.78, 5) is 14.0. The molecule has 11 nitrogen and oxygen atoms in total. The van der Waals surface area contributed by atoms with Crippen molar-refractivity contribution in [3.63, 3.8) is 0 Å². The predicted molar refractivity (Wildman–Crippen MR) is 123 cm³/mol. The number of aliphatic hydroxyl groups is 1. The number of hydrogen-bond donors (Lipinski definition) is 4. The fraction of sp³-hybridized carbons (Fsp3) is 0.100. The summed E-state index contributed by atoms with van der Waals surface area (Å²) in [7, 11) is -4.27. The van der Waals surface area contributed by atoms with Crippen LogP contribution in [0.3, 0.4) is 0 Å². The highest BCUT2D eigenvalue weighted by molar-refractivity contribution is 7.92. The summed E-state index contributed by atoms with van der Waals surface area (Å²) in [6.45, 7) is 1.15. The fourth-order valence-corrected chi connectivity index (χ4v) is 4.12. The second-order valence-electron chi connectivity index (χ2n) is 6.71. The van der Waals surface area contributed by atoms with Crippen LogP contribution in [0.25, 0.3) is 0 Å². The van der Waals surface area contributed by atoms with Gasteiger partial charge in [0.2, 0.25) is 0 Å². The van der Waals surface area contributed by atoms with E-state index in [-0.39, 0.29) is 22.7 Å². The molecule has 0 aliphatic rings. The molecular formula is C20H18ClN5O6S. The number of nitro benzene ring substituents is 1. The van der Waals surface area contributed by atoms with E-state index in [1.165, 1.54) is 42.7 Å². The lowest BCUT2D eigenvalue weighted by Crippen LogP contribution is -2.15. The van der Waals surface area contributed by atoms with E-state index in [0.717, 1.165) is 12.1 Å². The van der Waals surface area contributed by atoms with Crippen LogP contribution in [-0.4, -0.2) is 34.8 Å². The number of nitrogens with zero attached hydrogens (tertiary/aromatic N) is 3. The maximum absolute atomic E-state index is 13.0. The molecule has 0 amide bonds. The molecule has 3 rings (SSSR count). The molecule has 0 aliphatic heterocycles. The summed E-state index contributed by atoms with van der Waals surface area (Å²) >= 11 is 5.82. The number of halogens is 1. The first-order valence-electron chi connectivity index (χ1n) is 9.26. The third-order valence-electron chi connectivity index (χ3n) is 4.47. The quantitative estimate of drug-likeness (QED) is 0.211. The third-order valence-corrected chi connectivity index (χ3v) is 6.14. The monoisotopic (exact) mass is 491 g/mol. The standard InChI is InChI=1S/C20H18ClN5O6S/c1-12-20(28)17(13(11-27)9-22-12)10-23-24-18-7-6-16(26(29)30)8-19(18)33(31,32)25-15-4-2-14(21)3-5-15/h2-10,24-25,27-28H,11H2,1H3/b23-10+. The van der Waals surface area contributed by atoms with Crippen LogP contribution in [0.1, 0.15) is 16.8 Å². The highest BCUT2D eigenvalue weighted by Crippen LogP contribution is 2.29. The van der Waals surface area contributed by atoms with Crippen molar-refractivity contribution in [2.24, 2.45) is 5.10 Å². The van der Waals surface area contributed by atoms with Gasteiger partial charge < -0.3 is 10.2 Å². The summed E-state index contributed by atoms with van der Waals surface area (Å²) in [6.07, 6.45) is 2.55. The Balaban J connectivity index is 1.98. The van der Waals surface area contributed by atoms with Gasteiger partial charge in [-0.05, 0) is 37.3 Å². The molecule has 172 valence electrons. The number of pyridine rings is 1. The van der Waals surface area contributed by atoms with Crippen LogP contribution in [0.15, 0.2) is 58.7 Å². The number of aromatic hydroxyl groups is 1. The highest BCUT2D eigenvalue weighted by atomic mass is 35.5. The van der Waals surface area contributed by atoms with Gasteiger partial charge in [0.15, 0.2) is 0 Å². The Kier molecular flexibility index (Phi) is 7.11. The average molecular weight is 492 g/mol. The van der Waals surface area contributed by atoms with E-state index < -0.39 is 32.1 Å².